The summed E-state index contributed by atoms with van der Waals surface area (Å²) in [6.45, 7) is 20.3. The molecule has 12 rings (SSSR count). The molecule has 0 atom stereocenters. The fourth-order valence-electron chi connectivity index (χ4n) is 10.2. The summed E-state index contributed by atoms with van der Waals surface area (Å²) < 4.78 is 13.0. The van der Waals surface area contributed by atoms with Crippen molar-refractivity contribution in [3.05, 3.63) is 199 Å². The molecule has 0 saturated heterocycles. The number of fused-ring (bicyclic) bond motifs is 6. The van der Waals surface area contributed by atoms with Gasteiger partial charge in [0, 0.05) is 65.9 Å². The molecule has 1 N–H and O–H groups in total. The first kappa shape index (κ1) is 43.0. The lowest BCUT2D eigenvalue weighted by atomic mass is 9.83. The summed E-state index contributed by atoms with van der Waals surface area (Å²) >= 11 is 0. The summed E-state index contributed by atoms with van der Waals surface area (Å²) in [4.78, 5) is 2.39. The molecule has 336 valence electrons. The Bertz CT molecular complexity index is 3800. The van der Waals surface area contributed by atoms with Gasteiger partial charge < -0.3 is 19.1 Å². The lowest BCUT2D eigenvalue weighted by Crippen LogP contribution is -2.12. The Hall–Kier alpha value is -7.56. The van der Waals surface area contributed by atoms with Crippen LogP contribution in [0.1, 0.15) is 79.0 Å². The van der Waals surface area contributed by atoms with Crippen molar-refractivity contribution in [1.82, 2.24) is 0 Å². The lowest BCUT2D eigenvalue weighted by Gasteiger charge is -2.29. The molecule has 0 fully saturated rings. The fourth-order valence-corrected chi connectivity index (χ4v) is 10.2. The minimum absolute atomic E-state index is 0.0395. The van der Waals surface area contributed by atoms with Crippen LogP contribution < -0.4 is 10.2 Å². The van der Waals surface area contributed by atoms with Gasteiger partial charge in [0.15, 0.2) is 5.58 Å². The second kappa shape index (κ2) is 16.1. The van der Waals surface area contributed by atoms with Crippen molar-refractivity contribution in [2.45, 2.75) is 78.6 Å². The number of nitrogens with zero attached hydrogens (tertiary/aromatic N) is 1. The van der Waals surface area contributed by atoms with Crippen LogP contribution in [0, 0.1) is 0 Å². The molecule has 0 saturated carbocycles. The molecule has 4 heteroatoms. The zero-order chi connectivity index (χ0) is 47.1. The molecular weight excluding hydrogens is 829 g/mol. The van der Waals surface area contributed by atoms with Crippen molar-refractivity contribution in [3.8, 4) is 0 Å². The van der Waals surface area contributed by atoms with Gasteiger partial charge in [-0.1, -0.05) is 202 Å². The number of furan rings is 2. The van der Waals surface area contributed by atoms with Crippen LogP contribution in [0.25, 0.3) is 76.2 Å². The van der Waals surface area contributed by atoms with Gasteiger partial charge in [-0.2, -0.15) is 0 Å². The predicted octanol–water partition coefficient (Wildman–Crippen LogP) is 19.2. The SMILES string of the molecule is CC(C)(C)c1cc2ccc3c(Nc4ccccc4)cc(N(c4ccccc4)c4cccc5c4oc4c(C(C)(C)C)cccc45)c4ccc(c1)c2c34.CC(C)(C)c1cccc2c1oc1ccccc12. The van der Waals surface area contributed by atoms with Gasteiger partial charge >= 0.3 is 0 Å². The highest BCUT2D eigenvalue weighted by atomic mass is 16.3. The van der Waals surface area contributed by atoms with E-state index >= 15 is 0 Å². The molecule has 4 nitrogen and oxygen atoms in total. The normalized spacial score (nSPS) is 12.5. The Morgan fingerprint density at radius 3 is 1.54 bits per heavy atom. The van der Waals surface area contributed by atoms with Crippen molar-refractivity contribution >= 4 is 105 Å². The molecule has 0 amide bonds. The number of nitrogens with one attached hydrogen (secondary N) is 1. The average molecular weight is 887 g/mol. The number of anilines is 5. The third-order valence-corrected chi connectivity index (χ3v) is 13.6. The highest BCUT2D eigenvalue weighted by Gasteiger charge is 2.27. The maximum Gasteiger partial charge on any atom is 0.159 e. The minimum Gasteiger partial charge on any atom is -0.456 e. The summed E-state index contributed by atoms with van der Waals surface area (Å²) in [7, 11) is 0. The monoisotopic (exact) mass is 886 g/mol. The van der Waals surface area contributed by atoms with Crippen molar-refractivity contribution in [1.29, 1.82) is 0 Å². The van der Waals surface area contributed by atoms with E-state index in [0.717, 1.165) is 61.5 Å². The average Bonchev–Trinajstić information content (AvgIpc) is 3.90. The molecule has 0 aliphatic heterocycles. The Morgan fingerprint density at radius 1 is 0.382 bits per heavy atom. The van der Waals surface area contributed by atoms with E-state index in [9.17, 15) is 0 Å². The van der Waals surface area contributed by atoms with Gasteiger partial charge in [-0.15, -0.1) is 0 Å². The van der Waals surface area contributed by atoms with Gasteiger partial charge in [0.2, 0.25) is 0 Å². The number of rotatable bonds is 5. The standard InChI is InChI=1S/C48H42N2O.C16H16O/c1-47(2,3)32-27-30-23-25-37-40(49-33-15-9-7-10-16-33)29-42(38-26-24-31(28-32)43(30)44(37)38)50(34-17-11-8-12-18-34)41-22-14-20-36-35-19-13-21-39(48(4,5)6)45(35)51-46(36)41;1-16(2,3)13-9-6-8-12-11-7-4-5-10-14(11)17-15(12)13/h7-29,49H,1-6H3;4-10H,1-3H3. The largest absolute Gasteiger partial charge is 0.456 e. The maximum atomic E-state index is 7.00. The zero-order valence-corrected chi connectivity index (χ0v) is 40.6. The van der Waals surface area contributed by atoms with E-state index in [1.54, 1.807) is 0 Å². The fraction of sp³-hybridized carbons (Fsp3) is 0.188. The van der Waals surface area contributed by atoms with Crippen molar-refractivity contribution in [3.63, 3.8) is 0 Å². The van der Waals surface area contributed by atoms with Gasteiger partial charge in [0.1, 0.15) is 16.7 Å². The van der Waals surface area contributed by atoms with Gasteiger partial charge in [0.25, 0.3) is 0 Å². The van der Waals surface area contributed by atoms with Crippen LogP contribution in [0.15, 0.2) is 191 Å². The van der Waals surface area contributed by atoms with E-state index in [-0.39, 0.29) is 16.2 Å². The van der Waals surface area contributed by atoms with Crippen LogP contribution in [-0.2, 0) is 16.2 Å². The van der Waals surface area contributed by atoms with E-state index in [0.29, 0.717) is 0 Å². The molecule has 0 bridgehead atoms. The highest BCUT2D eigenvalue weighted by Crippen LogP contribution is 2.50. The smallest absolute Gasteiger partial charge is 0.159 e. The zero-order valence-electron chi connectivity index (χ0n) is 40.6. The Balaban J connectivity index is 0.000000250. The molecule has 68 heavy (non-hydrogen) atoms. The quantitative estimate of drug-likeness (QED) is 0.175. The van der Waals surface area contributed by atoms with Gasteiger partial charge in [-0.05, 0) is 80.4 Å². The first-order chi connectivity index (χ1) is 32.6. The van der Waals surface area contributed by atoms with E-state index in [4.69, 9.17) is 8.83 Å². The highest BCUT2D eigenvalue weighted by molar-refractivity contribution is 6.29. The lowest BCUT2D eigenvalue weighted by molar-refractivity contribution is 0.572. The minimum atomic E-state index is -0.0659. The van der Waals surface area contributed by atoms with Crippen molar-refractivity contribution in [2.24, 2.45) is 0 Å². The summed E-state index contributed by atoms with van der Waals surface area (Å²) in [5.74, 6) is 0. The number of benzene rings is 10. The van der Waals surface area contributed by atoms with Crippen LogP contribution in [0.5, 0.6) is 0 Å². The van der Waals surface area contributed by atoms with E-state index in [1.807, 2.05) is 12.1 Å². The van der Waals surface area contributed by atoms with E-state index < -0.39 is 0 Å². The summed E-state index contributed by atoms with van der Waals surface area (Å²) in [5, 5.41) is 16.0. The van der Waals surface area contributed by atoms with E-state index in [1.165, 1.54) is 59.8 Å². The van der Waals surface area contributed by atoms with Crippen LogP contribution in [0.4, 0.5) is 28.4 Å². The second-order valence-electron chi connectivity index (χ2n) is 21.5. The summed E-state index contributed by atoms with van der Waals surface area (Å²) in [6, 6.07) is 65.3. The van der Waals surface area contributed by atoms with Gasteiger partial charge in [-0.3, -0.25) is 0 Å². The first-order valence-corrected chi connectivity index (χ1v) is 23.9. The topological polar surface area (TPSA) is 41.5 Å². The van der Waals surface area contributed by atoms with Gasteiger partial charge in [-0.25, -0.2) is 0 Å². The van der Waals surface area contributed by atoms with Crippen LogP contribution in [0.3, 0.4) is 0 Å². The molecule has 2 aromatic heterocycles. The second-order valence-corrected chi connectivity index (χ2v) is 21.5. The number of hydrogen-bond donors (Lipinski definition) is 1. The summed E-state index contributed by atoms with van der Waals surface area (Å²) in [5.41, 5.74) is 13.0. The Morgan fingerprint density at radius 2 is 0.912 bits per heavy atom. The maximum absolute atomic E-state index is 7.00. The first-order valence-electron chi connectivity index (χ1n) is 23.9. The molecule has 12 aromatic rings. The van der Waals surface area contributed by atoms with Crippen LogP contribution in [0.2, 0.25) is 0 Å². The molecular formula is C64H58N2O2. The Kier molecular flexibility index (Phi) is 10.2. The van der Waals surface area contributed by atoms with E-state index in [2.05, 4.69) is 242 Å². The van der Waals surface area contributed by atoms with Crippen LogP contribution in [-0.4, -0.2) is 0 Å². The molecule has 0 spiro atoms. The molecule has 0 radical (unpaired) electrons. The predicted molar refractivity (Wildman–Crippen MR) is 292 cm³/mol. The molecule has 0 aliphatic carbocycles. The number of hydrogen-bond acceptors (Lipinski definition) is 4. The summed E-state index contributed by atoms with van der Waals surface area (Å²) in [6.07, 6.45) is 0. The van der Waals surface area contributed by atoms with Gasteiger partial charge in [0.05, 0.1) is 11.4 Å². The molecule has 10 aromatic carbocycles. The van der Waals surface area contributed by atoms with Crippen molar-refractivity contribution in [2.75, 3.05) is 10.2 Å². The Labute approximate surface area is 399 Å². The molecule has 0 unspecified atom stereocenters. The molecule has 0 aliphatic rings. The van der Waals surface area contributed by atoms with Crippen LogP contribution >= 0.6 is 0 Å². The number of para-hydroxylation sites is 6. The third kappa shape index (κ3) is 7.40. The third-order valence-electron chi connectivity index (χ3n) is 13.6. The molecule has 2 heterocycles. The van der Waals surface area contributed by atoms with Crippen molar-refractivity contribution < 1.29 is 8.83 Å².